The molecule has 0 amide bonds. The minimum atomic E-state index is -3.07. The number of hydrogen-bond acceptors (Lipinski definition) is 4. The summed E-state index contributed by atoms with van der Waals surface area (Å²) in [7, 11) is -3.07. The number of fused-ring (bicyclic) bond motifs is 1. The summed E-state index contributed by atoms with van der Waals surface area (Å²) in [5, 5.41) is 0. The smallest absolute Gasteiger partial charge is 0.156 e. The molecule has 4 nitrogen and oxygen atoms in total. The molecule has 0 radical (unpaired) electrons. The number of benzene rings is 1. The largest absolute Gasteiger partial charge is 0.398 e. The maximum atomic E-state index is 12.1. The maximum Gasteiger partial charge on any atom is 0.156 e. The summed E-state index contributed by atoms with van der Waals surface area (Å²) in [4.78, 5) is 2.12. The zero-order chi connectivity index (χ0) is 14.3. The highest BCUT2D eigenvalue weighted by Crippen LogP contribution is 2.32. The van der Waals surface area contributed by atoms with Gasteiger partial charge in [0.05, 0.1) is 10.5 Å². The molecule has 0 atom stereocenters. The fraction of sp³-hybridized carbons (Fsp3) is 0.571. The number of sulfone groups is 1. The third-order valence-corrected chi connectivity index (χ3v) is 6.31. The standard InChI is InChI=1S/C14H22N2O2S/c1-14(2,3)19(17,18)10-9-16-8-7-11-12(15)5-4-6-13(11)16/h4-6H,7-10,15H2,1-3H3. The fourth-order valence-corrected chi connectivity index (χ4v) is 3.37. The summed E-state index contributed by atoms with van der Waals surface area (Å²) in [6.45, 7) is 6.63. The topological polar surface area (TPSA) is 63.4 Å². The number of hydrogen-bond donors (Lipinski definition) is 1. The lowest BCUT2D eigenvalue weighted by Gasteiger charge is -2.23. The normalized spacial score (nSPS) is 15.6. The van der Waals surface area contributed by atoms with Gasteiger partial charge in [-0.1, -0.05) is 6.07 Å². The van der Waals surface area contributed by atoms with Crippen LogP contribution in [0.15, 0.2) is 18.2 Å². The maximum absolute atomic E-state index is 12.1. The summed E-state index contributed by atoms with van der Waals surface area (Å²) >= 11 is 0. The van der Waals surface area contributed by atoms with E-state index in [4.69, 9.17) is 5.73 Å². The van der Waals surface area contributed by atoms with Crippen molar-refractivity contribution in [2.45, 2.75) is 31.9 Å². The van der Waals surface area contributed by atoms with Gasteiger partial charge in [-0.25, -0.2) is 8.42 Å². The second kappa shape index (κ2) is 4.71. The van der Waals surface area contributed by atoms with Crippen LogP contribution in [0.4, 0.5) is 11.4 Å². The van der Waals surface area contributed by atoms with E-state index < -0.39 is 14.6 Å². The van der Waals surface area contributed by atoms with Gasteiger partial charge in [-0.05, 0) is 39.3 Å². The third-order valence-electron chi connectivity index (χ3n) is 3.72. The number of nitrogens with zero attached hydrogens (tertiary/aromatic N) is 1. The van der Waals surface area contributed by atoms with Crippen LogP contribution in [0.3, 0.4) is 0 Å². The van der Waals surface area contributed by atoms with Gasteiger partial charge in [-0.2, -0.15) is 0 Å². The van der Waals surface area contributed by atoms with Gasteiger partial charge in [0.2, 0.25) is 0 Å². The van der Waals surface area contributed by atoms with Crippen molar-refractivity contribution < 1.29 is 8.42 Å². The van der Waals surface area contributed by atoms with Crippen LogP contribution < -0.4 is 10.6 Å². The molecule has 0 aromatic heterocycles. The predicted octanol–water partition coefficient (Wildman–Crippen LogP) is 1.84. The van der Waals surface area contributed by atoms with E-state index >= 15 is 0 Å². The van der Waals surface area contributed by atoms with Gasteiger partial charge in [-0.3, -0.25) is 0 Å². The third kappa shape index (κ3) is 2.71. The molecule has 0 spiro atoms. The van der Waals surface area contributed by atoms with Crippen molar-refractivity contribution in [3.05, 3.63) is 23.8 Å². The van der Waals surface area contributed by atoms with E-state index in [-0.39, 0.29) is 5.75 Å². The van der Waals surface area contributed by atoms with Crippen molar-refractivity contribution >= 4 is 21.2 Å². The van der Waals surface area contributed by atoms with E-state index in [1.54, 1.807) is 20.8 Å². The van der Waals surface area contributed by atoms with E-state index in [1.807, 2.05) is 18.2 Å². The molecule has 1 aliphatic heterocycles. The molecule has 0 fully saturated rings. The monoisotopic (exact) mass is 282 g/mol. The molecule has 106 valence electrons. The summed E-state index contributed by atoms with van der Waals surface area (Å²) in [6, 6.07) is 5.83. The fourth-order valence-electron chi connectivity index (χ4n) is 2.30. The SMILES string of the molecule is CC(C)(C)S(=O)(=O)CCN1CCc2c(N)cccc21. The molecular weight excluding hydrogens is 260 g/mol. The first-order valence-corrected chi connectivity index (χ1v) is 8.22. The summed E-state index contributed by atoms with van der Waals surface area (Å²) in [5.74, 6) is 0.185. The van der Waals surface area contributed by atoms with Gasteiger partial charge in [0, 0.05) is 30.0 Å². The zero-order valence-electron chi connectivity index (χ0n) is 11.8. The number of nitrogens with two attached hydrogens (primary N) is 1. The average molecular weight is 282 g/mol. The summed E-state index contributed by atoms with van der Waals surface area (Å²) in [6.07, 6.45) is 0.900. The minimum absolute atomic E-state index is 0.185. The molecule has 0 saturated carbocycles. The molecule has 1 aromatic rings. The molecule has 0 unspecified atom stereocenters. The zero-order valence-corrected chi connectivity index (χ0v) is 12.6. The molecule has 0 aliphatic carbocycles. The van der Waals surface area contributed by atoms with Crippen molar-refractivity contribution in [2.75, 3.05) is 29.5 Å². The first-order chi connectivity index (χ1) is 8.72. The Morgan fingerprint density at radius 3 is 2.63 bits per heavy atom. The van der Waals surface area contributed by atoms with Crippen LogP contribution in [-0.4, -0.2) is 32.0 Å². The van der Waals surface area contributed by atoms with Crippen LogP contribution in [0.1, 0.15) is 26.3 Å². The van der Waals surface area contributed by atoms with Gasteiger partial charge in [0.25, 0.3) is 0 Å². The molecule has 5 heteroatoms. The first kappa shape index (κ1) is 14.2. The highest BCUT2D eigenvalue weighted by Gasteiger charge is 2.30. The molecule has 0 saturated heterocycles. The van der Waals surface area contributed by atoms with Crippen LogP contribution in [0, 0.1) is 0 Å². The molecule has 1 aliphatic rings. The molecule has 1 aromatic carbocycles. The lowest BCUT2D eigenvalue weighted by Crippen LogP contribution is -2.36. The number of anilines is 2. The Hall–Kier alpha value is -1.23. The van der Waals surface area contributed by atoms with Crippen LogP contribution in [0.2, 0.25) is 0 Å². The van der Waals surface area contributed by atoms with E-state index in [0.29, 0.717) is 6.54 Å². The Bertz CT molecular complexity index is 574. The molecule has 2 N–H and O–H groups in total. The van der Waals surface area contributed by atoms with Gasteiger partial charge in [0.15, 0.2) is 9.84 Å². The Labute approximate surface area is 115 Å². The Balaban J connectivity index is 2.11. The van der Waals surface area contributed by atoms with Crippen molar-refractivity contribution in [1.82, 2.24) is 0 Å². The van der Waals surface area contributed by atoms with E-state index in [0.717, 1.165) is 29.9 Å². The number of rotatable bonds is 3. The van der Waals surface area contributed by atoms with E-state index in [1.165, 1.54) is 0 Å². The van der Waals surface area contributed by atoms with Crippen molar-refractivity contribution in [2.24, 2.45) is 0 Å². The molecule has 19 heavy (non-hydrogen) atoms. The molecule has 1 heterocycles. The lowest BCUT2D eigenvalue weighted by molar-refractivity contribution is 0.559. The highest BCUT2D eigenvalue weighted by atomic mass is 32.2. The number of nitrogen functional groups attached to an aromatic ring is 1. The quantitative estimate of drug-likeness (QED) is 0.859. The van der Waals surface area contributed by atoms with Crippen molar-refractivity contribution in [1.29, 1.82) is 0 Å². The minimum Gasteiger partial charge on any atom is -0.398 e. The van der Waals surface area contributed by atoms with Crippen LogP contribution in [-0.2, 0) is 16.3 Å². The van der Waals surface area contributed by atoms with Crippen LogP contribution >= 0.6 is 0 Å². The van der Waals surface area contributed by atoms with Gasteiger partial charge in [-0.15, -0.1) is 0 Å². The van der Waals surface area contributed by atoms with Crippen LogP contribution in [0.25, 0.3) is 0 Å². The van der Waals surface area contributed by atoms with Gasteiger partial charge < -0.3 is 10.6 Å². The first-order valence-electron chi connectivity index (χ1n) is 6.57. The summed E-state index contributed by atoms with van der Waals surface area (Å²) in [5.41, 5.74) is 8.98. The van der Waals surface area contributed by atoms with Gasteiger partial charge in [0.1, 0.15) is 0 Å². The van der Waals surface area contributed by atoms with Crippen molar-refractivity contribution in [3.63, 3.8) is 0 Å². The van der Waals surface area contributed by atoms with Gasteiger partial charge >= 0.3 is 0 Å². The average Bonchev–Trinajstić information content (AvgIpc) is 2.70. The second-order valence-electron chi connectivity index (χ2n) is 6.01. The molecular formula is C14H22N2O2S. The van der Waals surface area contributed by atoms with Crippen molar-refractivity contribution in [3.8, 4) is 0 Å². The van der Waals surface area contributed by atoms with E-state index in [9.17, 15) is 8.42 Å². The predicted molar refractivity (Wildman–Crippen MR) is 80.3 cm³/mol. The molecule has 0 bridgehead atoms. The highest BCUT2D eigenvalue weighted by molar-refractivity contribution is 7.92. The Morgan fingerprint density at radius 1 is 1.32 bits per heavy atom. The Morgan fingerprint density at radius 2 is 2.00 bits per heavy atom. The molecule has 2 rings (SSSR count). The summed E-state index contributed by atoms with van der Waals surface area (Å²) < 4.78 is 23.6. The lowest BCUT2D eigenvalue weighted by atomic mass is 10.1. The second-order valence-corrected chi connectivity index (χ2v) is 8.88. The Kier molecular flexibility index (Phi) is 3.51. The van der Waals surface area contributed by atoms with E-state index in [2.05, 4.69) is 4.90 Å². The van der Waals surface area contributed by atoms with Crippen LogP contribution in [0.5, 0.6) is 0 Å².